The van der Waals surface area contributed by atoms with Crippen LogP contribution in [0, 0.1) is 12.3 Å². The van der Waals surface area contributed by atoms with Gasteiger partial charge in [-0.1, -0.05) is 5.92 Å². The van der Waals surface area contributed by atoms with Gasteiger partial charge in [-0.05, 0) is 45.4 Å². The summed E-state index contributed by atoms with van der Waals surface area (Å²) >= 11 is 0. The Bertz CT molecular complexity index is 412. The van der Waals surface area contributed by atoms with Gasteiger partial charge in [0.05, 0.1) is 6.54 Å². The van der Waals surface area contributed by atoms with E-state index in [0.29, 0.717) is 6.54 Å². The molecule has 3 nitrogen and oxygen atoms in total. The Kier molecular flexibility index (Phi) is 5.18. The van der Waals surface area contributed by atoms with Crippen molar-refractivity contribution < 1.29 is 0 Å². The van der Waals surface area contributed by atoms with Crippen molar-refractivity contribution in [1.82, 2.24) is 10.3 Å². The molecule has 1 heterocycles. The maximum absolute atomic E-state index is 5.36. The minimum atomic E-state index is 0.118. The van der Waals surface area contributed by atoms with Crippen LogP contribution in [0.25, 0.3) is 0 Å². The van der Waals surface area contributed by atoms with Gasteiger partial charge >= 0.3 is 0 Å². The third-order valence-corrected chi connectivity index (χ3v) is 2.62. The summed E-state index contributed by atoms with van der Waals surface area (Å²) in [5.74, 6) is 3.61. The molecular formula is C15H23N3. The quantitative estimate of drug-likeness (QED) is 0.808. The lowest BCUT2D eigenvalue weighted by Gasteiger charge is -2.22. The van der Waals surface area contributed by atoms with E-state index in [1.165, 1.54) is 5.56 Å². The zero-order valence-corrected chi connectivity index (χ0v) is 11.8. The van der Waals surface area contributed by atoms with Crippen LogP contribution in [0.2, 0.25) is 0 Å². The number of pyridine rings is 1. The summed E-state index contributed by atoms with van der Waals surface area (Å²) in [5, 5.41) is 3.47. The zero-order valence-electron chi connectivity index (χ0n) is 11.8. The van der Waals surface area contributed by atoms with Crippen molar-refractivity contribution in [3.8, 4) is 12.3 Å². The van der Waals surface area contributed by atoms with Gasteiger partial charge in [-0.2, -0.15) is 0 Å². The highest BCUT2D eigenvalue weighted by Gasteiger charge is 2.09. The van der Waals surface area contributed by atoms with E-state index >= 15 is 0 Å². The van der Waals surface area contributed by atoms with Gasteiger partial charge in [-0.25, -0.2) is 4.98 Å². The number of anilines is 1. The molecule has 1 aromatic heterocycles. The molecule has 0 fully saturated rings. The molecule has 0 radical (unpaired) electrons. The first-order valence-electron chi connectivity index (χ1n) is 6.34. The van der Waals surface area contributed by atoms with Gasteiger partial charge in [0.15, 0.2) is 0 Å². The number of terminal acetylenes is 1. The Morgan fingerprint density at radius 1 is 1.44 bits per heavy atom. The van der Waals surface area contributed by atoms with Crippen molar-refractivity contribution in [3.63, 3.8) is 0 Å². The van der Waals surface area contributed by atoms with Gasteiger partial charge in [0.2, 0.25) is 0 Å². The smallest absolute Gasteiger partial charge is 0.129 e. The highest BCUT2D eigenvalue weighted by atomic mass is 15.2. The lowest BCUT2D eigenvalue weighted by Crippen LogP contribution is -2.35. The second-order valence-corrected chi connectivity index (χ2v) is 5.34. The van der Waals surface area contributed by atoms with Crippen molar-refractivity contribution in [2.24, 2.45) is 0 Å². The topological polar surface area (TPSA) is 28.2 Å². The van der Waals surface area contributed by atoms with Crippen LogP contribution in [0.1, 0.15) is 33.3 Å². The maximum Gasteiger partial charge on any atom is 0.129 e. The number of nitrogens with one attached hydrogen (secondary N) is 1. The Labute approximate surface area is 111 Å². The van der Waals surface area contributed by atoms with E-state index in [9.17, 15) is 0 Å². The van der Waals surface area contributed by atoms with Crippen molar-refractivity contribution in [1.29, 1.82) is 0 Å². The standard InChI is InChI=1S/C15H23N3/c1-6-10-18(7-2)14-11-13(8-9-16-14)12-17-15(3,4)5/h1,8-9,11,17H,7,10,12H2,2-5H3. The van der Waals surface area contributed by atoms with Gasteiger partial charge in [-0.3, -0.25) is 0 Å². The molecule has 0 saturated carbocycles. The van der Waals surface area contributed by atoms with E-state index in [4.69, 9.17) is 6.42 Å². The Balaban J connectivity index is 2.76. The predicted molar refractivity (Wildman–Crippen MR) is 77.5 cm³/mol. The summed E-state index contributed by atoms with van der Waals surface area (Å²) in [5.41, 5.74) is 1.34. The summed E-state index contributed by atoms with van der Waals surface area (Å²) in [6, 6.07) is 4.13. The molecule has 1 rings (SSSR count). The summed E-state index contributed by atoms with van der Waals surface area (Å²) in [6.45, 7) is 10.9. The molecule has 0 spiro atoms. The fraction of sp³-hybridized carbons (Fsp3) is 0.533. The molecule has 0 saturated heterocycles. The monoisotopic (exact) mass is 245 g/mol. The molecule has 0 aliphatic heterocycles. The largest absolute Gasteiger partial charge is 0.346 e. The van der Waals surface area contributed by atoms with Crippen molar-refractivity contribution in [3.05, 3.63) is 23.9 Å². The summed E-state index contributed by atoms with van der Waals surface area (Å²) in [4.78, 5) is 6.46. The van der Waals surface area contributed by atoms with Gasteiger partial charge in [0.25, 0.3) is 0 Å². The zero-order chi connectivity index (χ0) is 13.6. The van der Waals surface area contributed by atoms with Gasteiger partial charge in [0.1, 0.15) is 5.82 Å². The molecule has 0 unspecified atom stereocenters. The number of nitrogens with zero attached hydrogens (tertiary/aromatic N) is 2. The fourth-order valence-corrected chi connectivity index (χ4v) is 1.58. The second-order valence-electron chi connectivity index (χ2n) is 5.34. The molecule has 0 aromatic carbocycles. The van der Waals surface area contributed by atoms with Crippen LogP contribution in [0.3, 0.4) is 0 Å². The van der Waals surface area contributed by atoms with Crippen LogP contribution in [-0.4, -0.2) is 23.6 Å². The van der Waals surface area contributed by atoms with E-state index in [-0.39, 0.29) is 5.54 Å². The highest BCUT2D eigenvalue weighted by Crippen LogP contribution is 2.13. The summed E-state index contributed by atoms with van der Waals surface area (Å²) < 4.78 is 0. The average molecular weight is 245 g/mol. The van der Waals surface area contributed by atoms with Crippen LogP contribution in [0.4, 0.5) is 5.82 Å². The van der Waals surface area contributed by atoms with Crippen LogP contribution in [-0.2, 0) is 6.54 Å². The molecule has 0 atom stereocenters. The normalized spacial score (nSPS) is 11.1. The Hall–Kier alpha value is -1.53. The molecule has 1 aromatic rings. The molecule has 18 heavy (non-hydrogen) atoms. The third kappa shape index (κ3) is 4.77. The first-order chi connectivity index (χ1) is 8.46. The number of hydrogen-bond donors (Lipinski definition) is 1. The lowest BCUT2D eigenvalue weighted by molar-refractivity contribution is 0.424. The number of rotatable bonds is 5. The number of hydrogen-bond acceptors (Lipinski definition) is 3. The average Bonchev–Trinajstić information content (AvgIpc) is 2.33. The first-order valence-corrected chi connectivity index (χ1v) is 6.34. The van der Waals surface area contributed by atoms with Gasteiger partial charge in [-0.15, -0.1) is 6.42 Å². The van der Waals surface area contributed by atoms with E-state index in [1.54, 1.807) is 0 Å². The minimum absolute atomic E-state index is 0.118. The SMILES string of the molecule is C#CCN(CC)c1cc(CNC(C)(C)C)ccn1. The van der Waals surface area contributed by atoms with Crippen molar-refractivity contribution >= 4 is 5.82 Å². The molecule has 0 bridgehead atoms. The first kappa shape index (κ1) is 14.5. The lowest BCUT2D eigenvalue weighted by atomic mass is 10.1. The van der Waals surface area contributed by atoms with E-state index in [2.05, 4.69) is 54.9 Å². The van der Waals surface area contributed by atoms with E-state index < -0.39 is 0 Å². The molecule has 0 aliphatic rings. The van der Waals surface area contributed by atoms with Gasteiger partial charge < -0.3 is 10.2 Å². The third-order valence-electron chi connectivity index (χ3n) is 2.62. The van der Waals surface area contributed by atoms with E-state index in [1.807, 2.05) is 12.3 Å². The second kappa shape index (κ2) is 6.42. The van der Waals surface area contributed by atoms with Crippen molar-refractivity contribution in [2.45, 2.75) is 39.8 Å². The molecule has 0 amide bonds. The van der Waals surface area contributed by atoms with Crippen LogP contribution in [0.15, 0.2) is 18.3 Å². The van der Waals surface area contributed by atoms with Crippen molar-refractivity contribution in [2.75, 3.05) is 18.0 Å². The molecule has 0 aliphatic carbocycles. The Morgan fingerprint density at radius 2 is 2.17 bits per heavy atom. The molecule has 98 valence electrons. The van der Waals surface area contributed by atoms with Gasteiger partial charge in [0, 0.05) is 24.8 Å². The minimum Gasteiger partial charge on any atom is -0.346 e. The van der Waals surface area contributed by atoms with Crippen LogP contribution in [0.5, 0.6) is 0 Å². The van der Waals surface area contributed by atoms with Crippen LogP contribution >= 0.6 is 0 Å². The molecule has 3 heteroatoms. The summed E-state index contributed by atoms with van der Waals surface area (Å²) in [7, 11) is 0. The fourth-order valence-electron chi connectivity index (χ4n) is 1.58. The Morgan fingerprint density at radius 3 is 2.72 bits per heavy atom. The summed E-state index contributed by atoms with van der Waals surface area (Å²) in [6.07, 6.45) is 7.21. The maximum atomic E-state index is 5.36. The van der Waals surface area contributed by atoms with Crippen LogP contribution < -0.4 is 10.2 Å². The molecular weight excluding hydrogens is 222 g/mol. The highest BCUT2D eigenvalue weighted by molar-refractivity contribution is 5.42. The number of aromatic nitrogens is 1. The molecule has 1 N–H and O–H groups in total. The predicted octanol–water partition coefficient (Wildman–Crippen LogP) is 2.43. The van der Waals surface area contributed by atoms with E-state index in [0.717, 1.165) is 18.9 Å².